The number of hydrogen-bond donors (Lipinski definition) is 2. The Balaban J connectivity index is 1.75. The molecule has 2 aliphatic heterocycles. The van der Waals surface area contributed by atoms with Crippen molar-refractivity contribution in [2.45, 2.75) is 64.5 Å². The van der Waals surface area contributed by atoms with Crippen molar-refractivity contribution in [2.75, 3.05) is 18.0 Å². The summed E-state index contributed by atoms with van der Waals surface area (Å²) in [5, 5.41) is 10.2. The summed E-state index contributed by atoms with van der Waals surface area (Å²) in [6.07, 6.45) is 5.95. The third-order valence-electron chi connectivity index (χ3n) is 5.52. The molecule has 3 heterocycles. The highest BCUT2D eigenvalue weighted by Gasteiger charge is 2.42. The number of fused-ring (bicyclic) bond motifs is 3. The van der Waals surface area contributed by atoms with Crippen molar-refractivity contribution >= 4 is 23.3 Å². The van der Waals surface area contributed by atoms with Crippen LogP contribution in [-0.4, -0.2) is 56.6 Å². The zero-order valence-corrected chi connectivity index (χ0v) is 15.7. The van der Waals surface area contributed by atoms with Crippen LogP contribution in [0.2, 0.25) is 0 Å². The number of allylic oxidation sites excluding steroid dienone is 1. The Morgan fingerprint density at radius 1 is 1.42 bits per heavy atom. The number of H-pyrrole nitrogens is 1. The Morgan fingerprint density at radius 2 is 2.23 bits per heavy atom. The number of nitrogens with zero attached hydrogens (tertiary/aromatic N) is 4. The summed E-state index contributed by atoms with van der Waals surface area (Å²) in [5.74, 6) is 2.21. The molecule has 0 fully saturated rings. The van der Waals surface area contributed by atoms with Gasteiger partial charge in [0, 0.05) is 6.54 Å². The van der Waals surface area contributed by atoms with E-state index in [0.717, 1.165) is 42.2 Å². The maximum atomic E-state index is 13.0. The first-order chi connectivity index (χ1) is 12.4. The highest BCUT2D eigenvalue weighted by Crippen LogP contribution is 2.36. The lowest BCUT2D eigenvalue weighted by Crippen LogP contribution is -2.50. The number of aromatic amines is 1. The molecule has 1 unspecified atom stereocenters. The number of carbonyl (C=O) groups is 1. The highest BCUT2D eigenvalue weighted by molar-refractivity contribution is 6.18. The van der Waals surface area contributed by atoms with Crippen LogP contribution >= 0.6 is 0 Å². The van der Waals surface area contributed by atoms with Crippen molar-refractivity contribution in [3.63, 3.8) is 0 Å². The molecule has 1 aromatic rings. The van der Waals surface area contributed by atoms with E-state index in [9.17, 15) is 9.90 Å². The number of urea groups is 1. The number of aromatic nitrogens is 2. The van der Waals surface area contributed by atoms with E-state index in [-0.39, 0.29) is 12.1 Å². The first-order valence-electron chi connectivity index (χ1n) is 9.62. The second-order valence-corrected chi connectivity index (χ2v) is 7.77. The maximum Gasteiger partial charge on any atom is 0.331 e. The number of nitrogens with one attached hydrogen (secondary N) is 1. The number of amidine groups is 1. The maximum absolute atomic E-state index is 13.0. The number of amides is 2. The van der Waals surface area contributed by atoms with Crippen LogP contribution in [0, 0.1) is 0 Å². The predicted molar refractivity (Wildman–Crippen MR) is 101 cm³/mol. The monoisotopic (exact) mass is 357 g/mol. The molecule has 2 amide bonds. The van der Waals surface area contributed by atoms with Gasteiger partial charge in [0.05, 0.1) is 18.2 Å². The van der Waals surface area contributed by atoms with E-state index in [2.05, 4.69) is 24.9 Å². The summed E-state index contributed by atoms with van der Waals surface area (Å²) < 4.78 is 0. The van der Waals surface area contributed by atoms with E-state index in [4.69, 9.17) is 9.98 Å². The van der Waals surface area contributed by atoms with Crippen LogP contribution in [0.1, 0.15) is 64.4 Å². The SMILES string of the molecule is CCCN1C(=O)N2C[C@H](CC)N=C2c2[nH]c(C3=CCC(C)(O)CC3)nc21. The molecule has 0 bridgehead atoms. The van der Waals surface area contributed by atoms with E-state index >= 15 is 0 Å². The average Bonchev–Trinajstić information content (AvgIpc) is 3.23. The number of aliphatic imine (C=N–C) groups is 1. The Bertz CT molecular complexity index is 792. The molecule has 2 N–H and O–H groups in total. The van der Waals surface area contributed by atoms with Crippen LogP contribution in [0.15, 0.2) is 11.1 Å². The average molecular weight is 357 g/mol. The fourth-order valence-electron chi connectivity index (χ4n) is 3.86. The molecular weight excluding hydrogens is 330 g/mol. The molecular formula is C19H27N5O2. The first kappa shape index (κ1) is 17.3. The van der Waals surface area contributed by atoms with Crippen molar-refractivity contribution in [2.24, 2.45) is 4.99 Å². The molecule has 4 rings (SSSR count). The lowest BCUT2D eigenvalue weighted by Gasteiger charge is -2.32. The van der Waals surface area contributed by atoms with E-state index in [1.807, 2.05) is 6.92 Å². The van der Waals surface area contributed by atoms with Crippen LogP contribution in [0.4, 0.5) is 10.6 Å². The van der Waals surface area contributed by atoms with Crippen LogP contribution in [-0.2, 0) is 0 Å². The van der Waals surface area contributed by atoms with Gasteiger partial charge in [-0.25, -0.2) is 9.78 Å². The molecule has 0 aromatic carbocycles. The largest absolute Gasteiger partial charge is 0.390 e. The fraction of sp³-hybridized carbons (Fsp3) is 0.632. The summed E-state index contributed by atoms with van der Waals surface area (Å²) in [6.45, 7) is 7.31. The number of anilines is 1. The Hall–Kier alpha value is -2.15. The van der Waals surface area contributed by atoms with Gasteiger partial charge < -0.3 is 10.1 Å². The summed E-state index contributed by atoms with van der Waals surface area (Å²) in [7, 11) is 0. The van der Waals surface area contributed by atoms with Crippen molar-refractivity contribution in [1.29, 1.82) is 0 Å². The minimum absolute atomic E-state index is 0.0207. The number of carbonyl (C=O) groups excluding carboxylic acids is 1. The van der Waals surface area contributed by atoms with Crippen LogP contribution in [0.5, 0.6) is 0 Å². The number of imidazole rings is 1. The molecule has 1 aliphatic carbocycles. The molecule has 7 nitrogen and oxygen atoms in total. The van der Waals surface area contributed by atoms with Crippen LogP contribution in [0.3, 0.4) is 0 Å². The minimum atomic E-state index is -0.638. The lowest BCUT2D eigenvalue weighted by molar-refractivity contribution is 0.0523. The zero-order chi connectivity index (χ0) is 18.5. The Labute approximate surface area is 153 Å². The number of aliphatic hydroxyl groups is 1. The van der Waals surface area contributed by atoms with Crippen LogP contribution < -0.4 is 4.90 Å². The lowest BCUT2D eigenvalue weighted by atomic mass is 9.87. The van der Waals surface area contributed by atoms with E-state index in [1.165, 1.54) is 0 Å². The van der Waals surface area contributed by atoms with E-state index in [1.54, 1.807) is 9.80 Å². The Morgan fingerprint density at radius 3 is 2.88 bits per heavy atom. The van der Waals surface area contributed by atoms with Gasteiger partial charge in [-0.1, -0.05) is 19.9 Å². The molecule has 1 aromatic heterocycles. The smallest absolute Gasteiger partial charge is 0.331 e. The molecule has 7 heteroatoms. The van der Waals surface area contributed by atoms with Gasteiger partial charge in [0.25, 0.3) is 0 Å². The number of hydrogen-bond acceptors (Lipinski definition) is 4. The third-order valence-corrected chi connectivity index (χ3v) is 5.52. The van der Waals surface area contributed by atoms with Crippen molar-refractivity contribution in [3.8, 4) is 0 Å². The van der Waals surface area contributed by atoms with Crippen LogP contribution in [0.25, 0.3) is 5.57 Å². The molecule has 0 saturated heterocycles. The van der Waals surface area contributed by atoms with Gasteiger partial charge in [-0.3, -0.25) is 14.8 Å². The third kappa shape index (κ3) is 2.74. The first-order valence-corrected chi connectivity index (χ1v) is 9.62. The normalized spacial score (nSPS) is 28.0. The van der Waals surface area contributed by atoms with Gasteiger partial charge in [-0.15, -0.1) is 0 Å². The van der Waals surface area contributed by atoms with Crippen molar-refractivity contribution < 1.29 is 9.90 Å². The molecule has 3 aliphatic rings. The molecule has 26 heavy (non-hydrogen) atoms. The molecule has 0 radical (unpaired) electrons. The van der Waals surface area contributed by atoms with E-state index < -0.39 is 5.60 Å². The van der Waals surface area contributed by atoms with Gasteiger partial charge in [0.1, 0.15) is 11.5 Å². The predicted octanol–water partition coefficient (Wildman–Crippen LogP) is 2.92. The quantitative estimate of drug-likeness (QED) is 0.869. The summed E-state index contributed by atoms with van der Waals surface area (Å²) in [6, 6.07) is 0.131. The van der Waals surface area contributed by atoms with Crippen molar-refractivity contribution in [1.82, 2.24) is 14.9 Å². The van der Waals surface area contributed by atoms with E-state index in [0.29, 0.717) is 31.7 Å². The second-order valence-electron chi connectivity index (χ2n) is 7.77. The molecule has 0 saturated carbocycles. The molecule has 140 valence electrons. The Kier molecular flexibility index (Phi) is 4.14. The summed E-state index contributed by atoms with van der Waals surface area (Å²) in [4.78, 5) is 29.5. The summed E-state index contributed by atoms with van der Waals surface area (Å²) in [5.41, 5.74) is 1.31. The second kappa shape index (κ2) is 6.23. The molecule has 0 spiro atoms. The fourth-order valence-corrected chi connectivity index (χ4v) is 3.86. The van der Waals surface area contributed by atoms with Crippen molar-refractivity contribution in [3.05, 3.63) is 17.6 Å². The van der Waals surface area contributed by atoms with Gasteiger partial charge in [0.2, 0.25) is 0 Å². The molecule has 2 atom stereocenters. The standard InChI is InChI=1S/C19H27N5O2/c1-4-10-23-17-14(16-20-13(5-2)11-24(16)18(23)25)21-15(22-17)12-6-8-19(3,26)9-7-12/h6,13,26H,4-5,7-11H2,1-3H3,(H,21,22)/t13-,19?/m0/s1. The topological polar surface area (TPSA) is 84.8 Å². The number of rotatable bonds is 4. The van der Waals surface area contributed by atoms with Gasteiger partial charge >= 0.3 is 6.03 Å². The minimum Gasteiger partial charge on any atom is -0.390 e. The van der Waals surface area contributed by atoms with Gasteiger partial charge in [-0.05, 0) is 44.6 Å². The summed E-state index contributed by atoms with van der Waals surface area (Å²) >= 11 is 0. The zero-order valence-electron chi connectivity index (χ0n) is 15.7. The van der Waals surface area contributed by atoms with Gasteiger partial charge in [0.15, 0.2) is 11.7 Å². The van der Waals surface area contributed by atoms with Gasteiger partial charge in [-0.2, -0.15) is 0 Å². The highest BCUT2D eigenvalue weighted by atomic mass is 16.3.